The van der Waals surface area contributed by atoms with Crippen molar-refractivity contribution in [3.8, 4) is 5.75 Å². The van der Waals surface area contributed by atoms with Gasteiger partial charge in [-0.2, -0.15) is 0 Å². The number of fused-ring (bicyclic) bond motifs is 3. The molecule has 1 unspecified atom stereocenters. The van der Waals surface area contributed by atoms with E-state index in [0.29, 0.717) is 5.75 Å². The third-order valence-corrected chi connectivity index (χ3v) is 4.33. The second-order valence-electron chi connectivity index (χ2n) is 5.87. The molecule has 3 aromatic rings. The second-order valence-corrected chi connectivity index (χ2v) is 5.87. The number of carbonyl (C=O) groups is 1. The van der Waals surface area contributed by atoms with E-state index in [2.05, 4.69) is 0 Å². The van der Waals surface area contributed by atoms with Gasteiger partial charge in [0, 0.05) is 11.6 Å². The summed E-state index contributed by atoms with van der Waals surface area (Å²) < 4.78 is 10.4. The number of esters is 1. The Bertz CT molecular complexity index is 991. The lowest BCUT2D eigenvalue weighted by Gasteiger charge is -2.31. The topological polar surface area (TPSA) is 55.8 Å². The van der Waals surface area contributed by atoms with Gasteiger partial charge >= 0.3 is 11.8 Å². The second kappa shape index (κ2) is 5.76. The Labute approximate surface area is 144 Å². The van der Waals surface area contributed by atoms with E-state index < -0.39 is 11.8 Å². The lowest BCUT2D eigenvalue weighted by molar-refractivity contribution is -0.183. The highest BCUT2D eigenvalue weighted by molar-refractivity contribution is 6.02. The maximum absolute atomic E-state index is 12.1. The minimum absolute atomic E-state index is 0.438. The predicted octanol–water partition coefficient (Wildman–Crippen LogP) is 3.53. The molecule has 124 valence electrons. The van der Waals surface area contributed by atoms with Crippen LogP contribution in [0.15, 0.2) is 72.8 Å². The van der Waals surface area contributed by atoms with Gasteiger partial charge in [0.2, 0.25) is 0 Å². The lowest BCUT2D eigenvalue weighted by atomic mass is 9.89. The van der Waals surface area contributed by atoms with Crippen molar-refractivity contribution in [1.29, 1.82) is 0 Å². The van der Waals surface area contributed by atoms with Crippen LogP contribution >= 0.6 is 0 Å². The Morgan fingerprint density at radius 3 is 2.48 bits per heavy atom. The van der Waals surface area contributed by atoms with Crippen LogP contribution in [0.5, 0.6) is 5.75 Å². The summed E-state index contributed by atoms with van der Waals surface area (Å²) in [6.45, 7) is 0. The largest absolute Gasteiger partial charge is 0.464 e. The number of aliphatic hydroxyl groups is 1. The normalized spacial score (nSPS) is 18.9. The van der Waals surface area contributed by atoms with Gasteiger partial charge in [-0.1, -0.05) is 60.7 Å². The average Bonchev–Trinajstić information content (AvgIpc) is 2.67. The third-order valence-electron chi connectivity index (χ3n) is 4.33. The molecule has 1 aliphatic rings. The van der Waals surface area contributed by atoms with Gasteiger partial charge in [-0.3, -0.25) is 0 Å². The van der Waals surface area contributed by atoms with Crippen LogP contribution < -0.4 is 4.74 Å². The molecule has 4 heteroatoms. The van der Waals surface area contributed by atoms with E-state index in [0.717, 1.165) is 27.5 Å². The number of hydrogen-bond acceptors (Lipinski definition) is 4. The Hall–Kier alpha value is -3.11. The van der Waals surface area contributed by atoms with E-state index in [1.165, 1.54) is 13.2 Å². The van der Waals surface area contributed by atoms with Crippen molar-refractivity contribution in [2.24, 2.45) is 0 Å². The van der Waals surface area contributed by atoms with Crippen molar-refractivity contribution in [3.05, 3.63) is 83.9 Å². The van der Waals surface area contributed by atoms with E-state index in [9.17, 15) is 9.90 Å². The van der Waals surface area contributed by atoms with Gasteiger partial charge in [0.25, 0.3) is 0 Å². The quantitative estimate of drug-likeness (QED) is 0.730. The molecule has 1 N–H and O–H groups in total. The Morgan fingerprint density at radius 1 is 1.00 bits per heavy atom. The molecule has 1 heterocycles. The highest BCUT2D eigenvalue weighted by atomic mass is 16.7. The maximum atomic E-state index is 12.1. The number of rotatable bonds is 2. The van der Waals surface area contributed by atoms with Crippen LogP contribution in [0.2, 0.25) is 0 Å². The molecule has 0 spiro atoms. The van der Waals surface area contributed by atoms with E-state index in [-0.39, 0.29) is 0 Å². The molecule has 25 heavy (non-hydrogen) atoms. The molecule has 0 fully saturated rings. The van der Waals surface area contributed by atoms with Crippen LogP contribution in [-0.4, -0.2) is 24.0 Å². The zero-order valence-electron chi connectivity index (χ0n) is 13.6. The first-order valence-electron chi connectivity index (χ1n) is 7.92. The summed E-state index contributed by atoms with van der Waals surface area (Å²) in [5.41, 5.74) is 2.45. The minimum Gasteiger partial charge on any atom is -0.464 e. The number of ether oxygens (including phenoxy) is 2. The molecule has 3 aromatic carbocycles. The summed E-state index contributed by atoms with van der Waals surface area (Å²) in [6, 6.07) is 21.2. The van der Waals surface area contributed by atoms with Crippen LogP contribution in [0.4, 0.5) is 0 Å². The van der Waals surface area contributed by atoms with Crippen molar-refractivity contribution < 1.29 is 19.4 Å². The standard InChI is InChI=1S/C21H16O4/c1-24-20(22)21(23)13-17(14-7-3-2-4-8-14)19-16-10-6-5-9-15(16)11-12-18(19)25-21/h2-13,23H,1H3. The fourth-order valence-electron chi connectivity index (χ4n) is 3.17. The van der Waals surface area contributed by atoms with Gasteiger partial charge < -0.3 is 14.6 Å². The molecule has 0 aliphatic carbocycles. The van der Waals surface area contributed by atoms with Crippen LogP contribution in [0.3, 0.4) is 0 Å². The third kappa shape index (κ3) is 2.47. The molecular formula is C21H16O4. The lowest BCUT2D eigenvalue weighted by Crippen LogP contribution is -2.45. The summed E-state index contributed by atoms with van der Waals surface area (Å²) in [7, 11) is 1.22. The zero-order chi connectivity index (χ0) is 17.4. The molecule has 1 aliphatic heterocycles. The Kier molecular flexibility index (Phi) is 3.55. The van der Waals surface area contributed by atoms with E-state index in [1.54, 1.807) is 6.07 Å². The van der Waals surface area contributed by atoms with Crippen LogP contribution in [0, 0.1) is 0 Å². The summed E-state index contributed by atoms with van der Waals surface area (Å²) in [4.78, 5) is 12.1. The first-order valence-corrected chi connectivity index (χ1v) is 7.92. The highest BCUT2D eigenvalue weighted by Gasteiger charge is 2.42. The molecule has 0 saturated heterocycles. The van der Waals surface area contributed by atoms with Crippen molar-refractivity contribution >= 4 is 22.3 Å². The molecule has 0 radical (unpaired) electrons. The van der Waals surface area contributed by atoms with Crippen molar-refractivity contribution in [2.45, 2.75) is 5.79 Å². The van der Waals surface area contributed by atoms with Crippen molar-refractivity contribution in [2.75, 3.05) is 7.11 Å². The van der Waals surface area contributed by atoms with E-state index >= 15 is 0 Å². The number of carbonyl (C=O) groups excluding carboxylic acids is 1. The number of benzene rings is 3. The Balaban J connectivity index is 2.03. The van der Waals surface area contributed by atoms with E-state index in [1.807, 2.05) is 60.7 Å². The highest BCUT2D eigenvalue weighted by Crippen LogP contribution is 2.43. The maximum Gasteiger partial charge on any atom is 0.383 e. The fraction of sp³-hybridized carbons (Fsp3) is 0.0952. The summed E-state index contributed by atoms with van der Waals surface area (Å²) in [5, 5.41) is 12.8. The summed E-state index contributed by atoms with van der Waals surface area (Å²) in [6.07, 6.45) is 1.42. The monoisotopic (exact) mass is 332 g/mol. The zero-order valence-corrected chi connectivity index (χ0v) is 13.6. The smallest absolute Gasteiger partial charge is 0.383 e. The number of methoxy groups -OCH3 is 1. The van der Waals surface area contributed by atoms with Gasteiger partial charge in [0.05, 0.1) is 7.11 Å². The Morgan fingerprint density at radius 2 is 1.72 bits per heavy atom. The van der Waals surface area contributed by atoms with Crippen molar-refractivity contribution in [1.82, 2.24) is 0 Å². The van der Waals surface area contributed by atoms with Crippen molar-refractivity contribution in [3.63, 3.8) is 0 Å². The van der Waals surface area contributed by atoms with E-state index in [4.69, 9.17) is 9.47 Å². The van der Waals surface area contributed by atoms with Crippen LogP contribution in [-0.2, 0) is 9.53 Å². The minimum atomic E-state index is -2.16. The number of hydrogen-bond donors (Lipinski definition) is 1. The fourth-order valence-corrected chi connectivity index (χ4v) is 3.17. The molecular weight excluding hydrogens is 316 g/mol. The van der Waals surface area contributed by atoms with Gasteiger partial charge in [0.1, 0.15) is 5.75 Å². The molecule has 0 saturated carbocycles. The molecule has 1 atom stereocenters. The molecule has 0 aromatic heterocycles. The van der Waals surface area contributed by atoms with Gasteiger partial charge in [0.15, 0.2) is 0 Å². The first-order chi connectivity index (χ1) is 12.1. The summed E-state index contributed by atoms with van der Waals surface area (Å²) >= 11 is 0. The molecule has 0 bridgehead atoms. The van der Waals surface area contributed by atoms with Gasteiger partial charge in [-0.05, 0) is 28.0 Å². The molecule has 0 amide bonds. The SMILES string of the molecule is COC(=O)C1(O)C=C(c2ccccc2)c2c(ccc3ccccc23)O1. The van der Waals surface area contributed by atoms with Gasteiger partial charge in [-0.15, -0.1) is 0 Å². The summed E-state index contributed by atoms with van der Waals surface area (Å²) in [5.74, 6) is -2.58. The molecule has 4 rings (SSSR count). The first kappa shape index (κ1) is 15.4. The van der Waals surface area contributed by atoms with Gasteiger partial charge in [-0.25, -0.2) is 4.79 Å². The molecule has 4 nitrogen and oxygen atoms in total. The average molecular weight is 332 g/mol. The predicted molar refractivity (Wildman–Crippen MR) is 95.1 cm³/mol. The van der Waals surface area contributed by atoms with Crippen LogP contribution in [0.25, 0.3) is 16.3 Å². The van der Waals surface area contributed by atoms with Crippen LogP contribution in [0.1, 0.15) is 11.1 Å².